The van der Waals surface area contributed by atoms with Crippen LogP contribution in [0.25, 0.3) is 6.08 Å². The van der Waals surface area contributed by atoms with Crippen molar-refractivity contribution in [1.29, 1.82) is 0 Å². The number of aromatic nitrogens is 2. The molecule has 0 amide bonds. The standard InChI is InChI=1S/C22H21N3O6/c1-29-19-8-5-15(12-17(19)14-24-11-10-22(23-24)25(27)28)4-7-18(26)16-6-9-20(30-2)21(13-16)31-3/h4-13H,14H2,1-3H3/b7-4+. The van der Waals surface area contributed by atoms with Crippen molar-refractivity contribution in [3.8, 4) is 17.2 Å². The fourth-order valence-electron chi connectivity index (χ4n) is 2.99. The van der Waals surface area contributed by atoms with E-state index < -0.39 is 4.92 Å². The summed E-state index contributed by atoms with van der Waals surface area (Å²) in [5.41, 5.74) is 2.00. The Morgan fingerprint density at radius 3 is 2.39 bits per heavy atom. The summed E-state index contributed by atoms with van der Waals surface area (Å²) in [5, 5.41) is 14.8. The molecule has 0 aliphatic heterocycles. The van der Waals surface area contributed by atoms with Crippen LogP contribution in [-0.4, -0.2) is 41.8 Å². The van der Waals surface area contributed by atoms with E-state index in [1.165, 1.54) is 37.2 Å². The lowest BCUT2D eigenvalue weighted by Gasteiger charge is -2.09. The average molecular weight is 423 g/mol. The summed E-state index contributed by atoms with van der Waals surface area (Å²) in [6.45, 7) is 0.280. The molecule has 0 bridgehead atoms. The Hall–Kier alpha value is -4.14. The lowest BCUT2D eigenvalue weighted by Crippen LogP contribution is -2.03. The number of nitro groups is 1. The molecule has 0 saturated heterocycles. The van der Waals surface area contributed by atoms with E-state index >= 15 is 0 Å². The molecule has 1 heterocycles. The summed E-state index contributed by atoms with van der Waals surface area (Å²) in [4.78, 5) is 22.9. The summed E-state index contributed by atoms with van der Waals surface area (Å²) in [6.07, 6.45) is 4.68. The molecule has 0 radical (unpaired) electrons. The monoisotopic (exact) mass is 423 g/mol. The summed E-state index contributed by atoms with van der Waals surface area (Å²) in [7, 11) is 4.58. The molecule has 0 atom stereocenters. The first-order valence-corrected chi connectivity index (χ1v) is 9.24. The number of methoxy groups -OCH3 is 3. The van der Waals surface area contributed by atoms with E-state index in [0.717, 1.165) is 11.1 Å². The van der Waals surface area contributed by atoms with Gasteiger partial charge in [-0.2, -0.15) is 4.68 Å². The summed E-state index contributed by atoms with van der Waals surface area (Å²) in [5.74, 6) is 1.21. The lowest BCUT2D eigenvalue weighted by atomic mass is 10.1. The highest BCUT2D eigenvalue weighted by atomic mass is 16.6. The zero-order valence-electron chi connectivity index (χ0n) is 17.3. The fraction of sp³-hybridized carbons (Fsp3) is 0.182. The van der Waals surface area contributed by atoms with Gasteiger partial charge in [0.25, 0.3) is 0 Å². The second-order valence-electron chi connectivity index (χ2n) is 6.47. The third kappa shape index (κ3) is 5.08. The van der Waals surface area contributed by atoms with Crippen molar-refractivity contribution in [3.05, 3.63) is 81.5 Å². The first-order chi connectivity index (χ1) is 14.9. The Bertz CT molecular complexity index is 1140. The molecule has 1 aromatic heterocycles. The predicted molar refractivity (Wildman–Crippen MR) is 114 cm³/mol. The van der Waals surface area contributed by atoms with Crippen LogP contribution < -0.4 is 14.2 Å². The lowest BCUT2D eigenvalue weighted by molar-refractivity contribution is -0.389. The van der Waals surface area contributed by atoms with Crippen molar-refractivity contribution in [2.75, 3.05) is 21.3 Å². The first-order valence-electron chi connectivity index (χ1n) is 9.24. The molecule has 9 nitrogen and oxygen atoms in total. The van der Waals surface area contributed by atoms with Crippen molar-refractivity contribution < 1.29 is 23.9 Å². The normalized spacial score (nSPS) is 10.8. The number of allylic oxidation sites excluding steroid dienone is 1. The van der Waals surface area contributed by atoms with Crippen LogP contribution in [0.1, 0.15) is 21.5 Å². The Morgan fingerprint density at radius 1 is 1.03 bits per heavy atom. The molecule has 3 rings (SSSR count). The SMILES string of the molecule is COc1ccc(/C=C/C(=O)c2ccc(OC)c(OC)c2)cc1Cn1ccc([N+](=O)[O-])n1. The maximum atomic E-state index is 12.6. The molecule has 2 aromatic carbocycles. The van der Waals surface area contributed by atoms with Gasteiger partial charge in [0.1, 0.15) is 5.75 Å². The minimum atomic E-state index is -0.549. The molecule has 0 N–H and O–H groups in total. The van der Waals surface area contributed by atoms with Gasteiger partial charge in [-0.1, -0.05) is 12.1 Å². The minimum absolute atomic E-state index is 0.193. The molecule has 0 fully saturated rings. The number of carbonyl (C=O) groups is 1. The average Bonchev–Trinajstić information content (AvgIpc) is 3.26. The Labute approximate surface area is 178 Å². The molecule has 0 aliphatic carbocycles. The molecule has 3 aromatic rings. The van der Waals surface area contributed by atoms with Crippen LogP contribution in [0.4, 0.5) is 5.82 Å². The molecule has 0 spiro atoms. The number of ether oxygens (including phenoxy) is 3. The van der Waals surface area contributed by atoms with Crippen molar-refractivity contribution in [2.24, 2.45) is 0 Å². The zero-order chi connectivity index (χ0) is 22.4. The van der Waals surface area contributed by atoms with Crippen LogP contribution in [0.5, 0.6) is 17.2 Å². The van der Waals surface area contributed by atoms with E-state index in [1.54, 1.807) is 37.5 Å². The van der Waals surface area contributed by atoms with Gasteiger partial charge in [-0.25, -0.2) is 0 Å². The molecule has 160 valence electrons. The first kappa shape index (κ1) is 21.6. The Kier molecular flexibility index (Phi) is 6.66. The second kappa shape index (κ2) is 9.57. The number of hydrogen-bond donors (Lipinski definition) is 0. The van der Waals surface area contributed by atoms with Crippen LogP contribution in [0.2, 0.25) is 0 Å². The van der Waals surface area contributed by atoms with E-state index in [9.17, 15) is 14.9 Å². The van der Waals surface area contributed by atoms with Crippen LogP contribution in [0.3, 0.4) is 0 Å². The van der Waals surface area contributed by atoms with Gasteiger partial charge in [-0.3, -0.25) is 4.79 Å². The van der Waals surface area contributed by atoms with Crippen LogP contribution in [0, 0.1) is 10.1 Å². The van der Waals surface area contributed by atoms with Crippen molar-refractivity contribution in [2.45, 2.75) is 6.54 Å². The van der Waals surface area contributed by atoms with Gasteiger partial charge in [-0.05, 0) is 46.9 Å². The van der Waals surface area contributed by atoms with Crippen LogP contribution in [-0.2, 0) is 6.54 Å². The van der Waals surface area contributed by atoms with Crippen molar-refractivity contribution >= 4 is 17.7 Å². The van der Waals surface area contributed by atoms with E-state index in [1.807, 2.05) is 12.1 Å². The number of benzene rings is 2. The molecule has 0 saturated carbocycles. The number of hydrogen-bond acceptors (Lipinski definition) is 7. The topological polar surface area (TPSA) is 106 Å². The zero-order valence-corrected chi connectivity index (χ0v) is 17.3. The fourth-order valence-corrected chi connectivity index (χ4v) is 2.99. The van der Waals surface area contributed by atoms with Crippen LogP contribution >= 0.6 is 0 Å². The van der Waals surface area contributed by atoms with Gasteiger partial charge in [0.2, 0.25) is 0 Å². The van der Waals surface area contributed by atoms with E-state index in [0.29, 0.717) is 22.8 Å². The second-order valence-corrected chi connectivity index (χ2v) is 6.47. The highest BCUT2D eigenvalue weighted by molar-refractivity contribution is 6.07. The number of carbonyl (C=O) groups excluding carboxylic acids is 1. The summed E-state index contributed by atoms with van der Waals surface area (Å²) in [6, 6.07) is 11.7. The number of nitrogens with zero attached hydrogens (tertiary/aromatic N) is 3. The van der Waals surface area contributed by atoms with E-state index in [-0.39, 0.29) is 18.1 Å². The molecular weight excluding hydrogens is 402 g/mol. The van der Waals surface area contributed by atoms with E-state index in [4.69, 9.17) is 14.2 Å². The smallest absolute Gasteiger partial charge is 0.389 e. The summed E-state index contributed by atoms with van der Waals surface area (Å²) < 4.78 is 17.3. The van der Waals surface area contributed by atoms with E-state index in [2.05, 4.69) is 5.10 Å². The van der Waals surface area contributed by atoms with Gasteiger partial charge < -0.3 is 24.3 Å². The molecule has 9 heteroatoms. The third-order valence-electron chi connectivity index (χ3n) is 4.55. The van der Waals surface area contributed by atoms with Crippen molar-refractivity contribution in [1.82, 2.24) is 9.78 Å². The third-order valence-corrected chi connectivity index (χ3v) is 4.55. The van der Waals surface area contributed by atoms with Gasteiger partial charge in [-0.15, -0.1) is 0 Å². The molecule has 0 aliphatic rings. The quantitative estimate of drug-likeness (QED) is 0.223. The highest BCUT2D eigenvalue weighted by Crippen LogP contribution is 2.28. The van der Waals surface area contributed by atoms with Crippen LogP contribution in [0.15, 0.2) is 54.7 Å². The minimum Gasteiger partial charge on any atom is -0.496 e. The number of ketones is 1. The predicted octanol–water partition coefficient (Wildman–Crippen LogP) is 3.76. The van der Waals surface area contributed by atoms with Gasteiger partial charge in [0.15, 0.2) is 17.3 Å². The maximum Gasteiger partial charge on any atom is 0.389 e. The summed E-state index contributed by atoms with van der Waals surface area (Å²) >= 11 is 0. The van der Waals surface area contributed by atoms with Gasteiger partial charge in [0, 0.05) is 11.1 Å². The van der Waals surface area contributed by atoms with Gasteiger partial charge in [0.05, 0.1) is 45.2 Å². The molecule has 0 unspecified atom stereocenters. The largest absolute Gasteiger partial charge is 0.496 e. The Morgan fingerprint density at radius 2 is 1.74 bits per heavy atom. The van der Waals surface area contributed by atoms with Gasteiger partial charge >= 0.3 is 5.82 Å². The van der Waals surface area contributed by atoms with Crippen molar-refractivity contribution in [3.63, 3.8) is 0 Å². The molecular formula is C22H21N3O6. The Balaban J connectivity index is 1.81. The number of rotatable bonds is 9. The highest BCUT2D eigenvalue weighted by Gasteiger charge is 2.13. The maximum absolute atomic E-state index is 12.6. The molecule has 31 heavy (non-hydrogen) atoms.